The Bertz CT molecular complexity index is 405. The first-order chi connectivity index (χ1) is 7.72. The van der Waals surface area contributed by atoms with E-state index >= 15 is 0 Å². The van der Waals surface area contributed by atoms with Crippen molar-refractivity contribution in [2.24, 2.45) is 10.9 Å². The van der Waals surface area contributed by atoms with Gasteiger partial charge in [-0.3, -0.25) is 0 Å². The molecule has 1 atom stereocenters. The highest BCUT2D eigenvalue weighted by Gasteiger charge is 2.27. The Morgan fingerprint density at radius 2 is 2.12 bits per heavy atom. The predicted octanol–water partition coefficient (Wildman–Crippen LogP) is 2.50. The van der Waals surface area contributed by atoms with Crippen LogP contribution in [-0.4, -0.2) is 17.1 Å². The van der Waals surface area contributed by atoms with E-state index in [1.165, 1.54) is 18.4 Å². The molecule has 1 aromatic carbocycles. The fourth-order valence-electron chi connectivity index (χ4n) is 1.65. The van der Waals surface area contributed by atoms with Gasteiger partial charge in [0.1, 0.15) is 5.75 Å². The highest BCUT2D eigenvalue weighted by molar-refractivity contribution is 5.85. The van der Waals surface area contributed by atoms with Gasteiger partial charge in [0.15, 0.2) is 11.9 Å². The van der Waals surface area contributed by atoms with Crippen molar-refractivity contribution in [2.45, 2.75) is 31.8 Å². The molecule has 94 valence electrons. The molecule has 0 radical (unpaired) electrons. The van der Waals surface area contributed by atoms with Crippen molar-refractivity contribution in [1.82, 2.24) is 0 Å². The maximum atomic E-state index is 8.56. The van der Waals surface area contributed by atoms with E-state index in [9.17, 15) is 0 Å². The van der Waals surface area contributed by atoms with Gasteiger partial charge in [-0.05, 0) is 37.3 Å². The van der Waals surface area contributed by atoms with Crippen LogP contribution in [0, 0.1) is 0 Å². The first-order valence-corrected chi connectivity index (χ1v) is 5.45. The Hall–Kier alpha value is -1.42. The van der Waals surface area contributed by atoms with Gasteiger partial charge >= 0.3 is 0 Å². The summed E-state index contributed by atoms with van der Waals surface area (Å²) in [4.78, 5) is 0. The van der Waals surface area contributed by atoms with E-state index in [1.54, 1.807) is 6.92 Å². The van der Waals surface area contributed by atoms with Crippen molar-refractivity contribution in [3.8, 4) is 5.75 Å². The third kappa shape index (κ3) is 3.27. The average molecular weight is 257 g/mol. The van der Waals surface area contributed by atoms with Crippen molar-refractivity contribution in [3.05, 3.63) is 29.8 Å². The van der Waals surface area contributed by atoms with Gasteiger partial charge in [-0.1, -0.05) is 23.4 Å². The molecule has 3 N–H and O–H groups in total. The van der Waals surface area contributed by atoms with Crippen LogP contribution >= 0.6 is 12.4 Å². The molecule has 4 nitrogen and oxygen atoms in total. The summed E-state index contributed by atoms with van der Waals surface area (Å²) >= 11 is 0. The van der Waals surface area contributed by atoms with Crippen LogP contribution in [0.2, 0.25) is 0 Å². The number of hydrogen-bond acceptors (Lipinski definition) is 3. The lowest BCUT2D eigenvalue weighted by Gasteiger charge is -2.16. The SMILES string of the molecule is CC(Oc1ccccc1C1CC1)/C(N)=N/O.Cl. The first kappa shape index (κ1) is 13.6. The molecule has 1 fully saturated rings. The quantitative estimate of drug-likeness (QED) is 0.376. The Balaban J connectivity index is 0.00000144. The monoisotopic (exact) mass is 256 g/mol. The normalized spacial score (nSPS) is 17.1. The van der Waals surface area contributed by atoms with Crippen LogP contribution in [0.1, 0.15) is 31.2 Å². The summed E-state index contributed by atoms with van der Waals surface area (Å²) < 4.78 is 5.68. The van der Waals surface area contributed by atoms with Gasteiger partial charge in [-0.25, -0.2) is 0 Å². The van der Waals surface area contributed by atoms with Gasteiger partial charge in [0.2, 0.25) is 0 Å². The minimum Gasteiger partial charge on any atom is -0.482 e. The number of para-hydroxylation sites is 1. The van der Waals surface area contributed by atoms with Gasteiger partial charge in [-0.2, -0.15) is 0 Å². The van der Waals surface area contributed by atoms with Crippen LogP contribution in [0.15, 0.2) is 29.4 Å². The topological polar surface area (TPSA) is 67.8 Å². The fraction of sp³-hybridized carbons (Fsp3) is 0.417. The van der Waals surface area contributed by atoms with Crippen molar-refractivity contribution < 1.29 is 9.94 Å². The molecule has 1 unspecified atom stereocenters. The van der Waals surface area contributed by atoms with E-state index in [1.807, 2.05) is 18.2 Å². The Morgan fingerprint density at radius 3 is 2.71 bits per heavy atom. The summed E-state index contributed by atoms with van der Waals surface area (Å²) in [5, 5.41) is 11.5. The second kappa shape index (κ2) is 5.77. The van der Waals surface area contributed by atoms with Crippen LogP contribution in [0.25, 0.3) is 0 Å². The van der Waals surface area contributed by atoms with Crippen molar-refractivity contribution in [1.29, 1.82) is 0 Å². The number of oxime groups is 1. The second-order valence-corrected chi connectivity index (χ2v) is 4.10. The van der Waals surface area contributed by atoms with Crippen LogP contribution in [0.3, 0.4) is 0 Å². The molecule has 1 saturated carbocycles. The molecule has 5 heteroatoms. The standard InChI is InChI=1S/C12H16N2O2.ClH/c1-8(12(13)14-15)16-11-5-3-2-4-10(11)9-6-7-9;/h2-5,8-9,15H,6-7H2,1H3,(H2,13,14);1H. The lowest BCUT2D eigenvalue weighted by Crippen LogP contribution is -2.31. The van der Waals surface area contributed by atoms with Gasteiger partial charge in [0.05, 0.1) is 0 Å². The molecule has 0 aromatic heterocycles. The van der Waals surface area contributed by atoms with Gasteiger partial charge in [0.25, 0.3) is 0 Å². The first-order valence-electron chi connectivity index (χ1n) is 5.45. The van der Waals surface area contributed by atoms with Crippen molar-refractivity contribution in [2.75, 3.05) is 0 Å². The number of halogens is 1. The molecule has 0 saturated heterocycles. The largest absolute Gasteiger partial charge is 0.482 e. The molecule has 1 aromatic rings. The molecule has 0 bridgehead atoms. The van der Waals surface area contributed by atoms with Gasteiger partial charge in [-0.15, -0.1) is 12.4 Å². The van der Waals surface area contributed by atoms with E-state index in [2.05, 4.69) is 11.2 Å². The third-order valence-electron chi connectivity index (χ3n) is 2.77. The van der Waals surface area contributed by atoms with Crippen molar-refractivity contribution in [3.63, 3.8) is 0 Å². The maximum Gasteiger partial charge on any atom is 0.180 e. The Labute approximate surface area is 107 Å². The smallest absolute Gasteiger partial charge is 0.180 e. The molecule has 0 aliphatic heterocycles. The number of rotatable bonds is 4. The van der Waals surface area contributed by atoms with Crippen LogP contribution in [-0.2, 0) is 0 Å². The number of benzene rings is 1. The highest BCUT2D eigenvalue weighted by atomic mass is 35.5. The summed E-state index contributed by atoms with van der Waals surface area (Å²) in [5.74, 6) is 1.55. The second-order valence-electron chi connectivity index (χ2n) is 4.10. The third-order valence-corrected chi connectivity index (χ3v) is 2.77. The highest BCUT2D eigenvalue weighted by Crippen LogP contribution is 2.44. The summed E-state index contributed by atoms with van der Waals surface area (Å²) in [6, 6.07) is 7.94. The van der Waals surface area contributed by atoms with E-state index in [0.717, 1.165) is 5.75 Å². The summed E-state index contributed by atoms with van der Waals surface area (Å²) in [7, 11) is 0. The average Bonchev–Trinajstić information content (AvgIpc) is 3.12. The molecule has 0 heterocycles. The summed E-state index contributed by atoms with van der Waals surface area (Å²) in [6.45, 7) is 1.76. The minimum atomic E-state index is -0.412. The van der Waals surface area contributed by atoms with E-state index in [0.29, 0.717) is 5.92 Å². The number of amidine groups is 1. The number of ether oxygens (including phenoxy) is 1. The summed E-state index contributed by atoms with van der Waals surface area (Å²) in [5.41, 5.74) is 6.70. The molecule has 0 spiro atoms. The number of nitrogens with zero attached hydrogens (tertiary/aromatic N) is 1. The van der Waals surface area contributed by atoms with E-state index in [-0.39, 0.29) is 18.2 Å². The molecule has 17 heavy (non-hydrogen) atoms. The van der Waals surface area contributed by atoms with E-state index < -0.39 is 6.10 Å². The molecule has 0 amide bonds. The zero-order chi connectivity index (χ0) is 11.5. The zero-order valence-electron chi connectivity index (χ0n) is 9.67. The number of hydrogen-bond donors (Lipinski definition) is 2. The van der Waals surface area contributed by atoms with Crippen LogP contribution < -0.4 is 10.5 Å². The molecular formula is C12H17ClN2O2. The Morgan fingerprint density at radius 1 is 1.47 bits per heavy atom. The minimum absolute atomic E-state index is 0. The Kier molecular flexibility index (Phi) is 4.63. The molecular weight excluding hydrogens is 240 g/mol. The number of nitrogens with two attached hydrogens (primary N) is 1. The van der Waals surface area contributed by atoms with E-state index in [4.69, 9.17) is 15.7 Å². The maximum absolute atomic E-state index is 8.56. The summed E-state index contributed by atoms with van der Waals surface area (Å²) in [6.07, 6.45) is 2.03. The lowest BCUT2D eigenvalue weighted by atomic mass is 10.1. The predicted molar refractivity (Wildman–Crippen MR) is 69.2 cm³/mol. The van der Waals surface area contributed by atoms with Gasteiger partial charge in [0, 0.05) is 0 Å². The van der Waals surface area contributed by atoms with Crippen LogP contribution in [0.4, 0.5) is 0 Å². The van der Waals surface area contributed by atoms with Crippen LogP contribution in [0.5, 0.6) is 5.75 Å². The zero-order valence-corrected chi connectivity index (χ0v) is 10.5. The molecule has 1 aliphatic rings. The fourth-order valence-corrected chi connectivity index (χ4v) is 1.65. The lowest BCUT2D eigenvalue weighted by molar-refractivity contribution is 0.263. The van der Waals surface area contributed by atoms with Crippen molar-refractivity contribution >= 4 is 18.2 Å². The molecule has 2 rings (SSSR count). The molecule has 1 aliphatic carbocycles. The van der Waals surface area contributed by atoms with Gasteiger partial charge < -0.3 is 15.7 Å².